The highest BCUT2D eigenvalue weighted by molar-refractivity contribution is 7.16. The first-order chi connectivity index (χ1) is 9.20. The van der Waals surface area contributed by atoms with Crippen LogP contribution in [0.3, 0.4) is 0 Å². The van der Waals surface area contributed by atoms with Gasteiger partial charge in [-0.15, -0.1) is 11.3 Å². The summed E-state index contributed by atoms with van der Waals surface area (Å²) in [6, 6.07) is 3.97. The van der Waals surface area contributed by atoms with Crippen LogP contribution in [0.5, 0.6) is 5.88 Å². The predicted octanol–water partition coefficient (Wildman–Crippen LogP) is 3.55. The van der Waals surface area contributed by atoms with E-state index in [0.29, 0.717) is 12.5 Å². The minimum absolute atomic E-state index is 0.602. The van der Waals surface area contributed by atoms with Crippen LogP contribution in [0.4, 0.5) is 5.82 Å². The van der Waals surface area contributed by atoms with Crippen LogP contribution in [-0.2, 0) is 6.42 Å². The van der Waals surface area contributed by atoms with E-state index in [2.05, 4.69) is 15.3 Å². The van der Waals surface area contributed by atoms with Gasteiger partial charge in [-0.2, -0.15) is 0 Å². The zero-order valence-corrected chi connectivity index (χ0v) is 12.5. The Kier molecular flexibility index (Phi) is 4.99. The predicted molar refractivity (Wildman–Crippen MR) is 79.5 cm³/mol. The van der Waals surface area contributed by atoms with Crippen molar-refractivity contribution >= 4 is 28.8 Å². The zero-order valence-electron chi connectivity index (χ0n) is 10.9. The van der Waals surface area contributed by atoms with Crippen molar-refractivity contribution in [1.29, 1.82) is 0 Å². The molecule has 2 rings (SSSR count). The number of nitrogens with one attached hydrogen (secondary N) is 1. The minimum Gasteiger partial charge on any atom is -0.478 e. The minimum atomic E-state index is 0.602. The van der Waals surface area contributed by atoms with Crippen molar-refractivity contribution in [1.82, 2.24) is 9.97 Å². The summed E-state index contributed by atoms with van der Waals surface area (Å²) in [4.78, 5) is 9.60. The fourth-order valence-electron chi connectivity index (χ4n) is 1.68. The highest BCUT2D eigenvalue weighted by Gasteiger charge is 2.07. The van der Waals surface area contributed by atoms with Crippen LogP contribution in [0.25, 0.3) is 0 Å². The van der Waals surface area contributed by atoms with E-state index in [1.807, 2.05) is 26.0 Å². The van der Waals surface area contributed by atoms with Gasteiger partial charge >= 0.3 is 0 Å². The van der Waals surface area contributed by atoms with E-state index in [0.717, 1.165) is 28.7 Å². The molecule has 0 saturated heterocycles. The Hall–Kier alpha value is -1.33. The second kappa shape index (κ2) is 6.73. The van der Waals surface area contributed by atoms with Gasteiger partial charge in [-0.1, -0.05) is 11.6 Å². The maximum Gasteiger partial charge on any atom is 0.221 e. The molecule has 0 aliphatic rings. The number of rotatable bonds is 6. The van der Waals surface area contributed by atoms with Gasteiger partial charge in [0.05, 0.1) is 16.5 Å². The monoisotopic (exact) mass is 297 g/mol. The van der Waals surface area contributed by atoms with Crippen LogP contribution in [0.2, 0.25) is 4.34 Å². The van der Waals surface area contributed by atoms with E-state index in [4.69, 9.17) is 16.3 Å². The van der Waals surface area contributed by atoms with E-state index >= 15 is 0 Å². The maximum absolute atomic E-state index is 5.90. The van der Waals surface area contributed by atoms with E-state index in [9.17, 15) is 0 Å². The molecule has 4 nitrogen and oxygen atoms in total. The van der Waals surface area contributed by atoms with Gasteiger partial charge < -0.3 is 10.1 Å². The largest absolute Gasteiger partial charge is 0.478 e. The van der Waals surface area contributed by atoms with Crippen molar-refractivity contribution < 1.29 is 4.74 Å². The average Bonchev–Trinajstić information content (AvgIpc) is 2.80. The first kappa shape index (κ1) is 14.1. The standard InChI is InChI=1S/C13H16ClN3OS/c1-3-18-13-9(2)12(16-8-17-13)15-7-6-10-4-5-11(14)19-10/h4-5,8H,3,6-7H2,1-2H3,(H,15,16,17). The summed E-state index contributed by atoms with van der Waals surface area (Å²) in [6.07, 6.45) is 2.44. The van der Waals surface area contributed by atoms with Crippen LogP contribution >= 0.6 is 22.9 Å². The summed E-state index contributed by atoms with van der Waals surface area (Å²) in [7, 11) is 0. The Morgan fingerprint density at radius 1 is 1.37 bits per heavy atom. The number of ether oxygens (including phenoxy) is 1. The third-order valence-corrected chi connectivity index (χ3v) is 3.90. The van der Waals surface area contributed by atoms with Crippen LogP contribution in [0, 0.1) is 6.92 Å². The number of anilines is 1. The lowest BCUT2D eigenvalue weighted by Crippen LogP contribution is -2.08. The molecule has 0 saturated carbocycles. The Labute approximate surface area is 121 Å². The molecule has 0 aliphatic heterocycles. The topological polar surface area (TPSA) is 47.0 Å². The van der Waals surface area contributed by atoms with Crippen molar-refractivity contribution in [3.05, 3.63) is 33.2 Å². The third kappa shape index (κ3) is 3.81. The molecule has 0 fully saturated rings. The summed E-state index contributed by atoms with van der Waals surface area (Å²) in [5.74, 6) is 1.46. The Bertz CT molecular complexity index is 544. The number of thiophene rings is 1. The molecular formula is C13H16ClN3OS. The van der Waals surface area contributed by atoms with Crippen molar-refractivity contribution in [3.8, 4) is 5.88 Å². The first-order valence-electron chi connectivity index (χ1n) is 6.13. The molecule has 2 aromatic heterocycles. The lowest BCUT2D eigenvalue weighted by atomic mass is 10.3. The van der Waals surface area contributed by atoms with Gasteiger partial charge in [0.1, 0.15) is 12.1 Å². The van der Waals surface area contributed by atoms with Gasteiger partial charge in [0.25, 0.3) is 0 Å². The second-order valence-electron chi connectivity index (χ2n) is 3.97. The Balaban J connectivity index is 1.94. The first-order valence-corrected chi connectivity index (χ1v) is 7.32. The van der Waals surface area contributed by atoms with Crippen LogP contribution in [0.1, 0.15) is 17.4 Å². The molecule has 102 valence electrons. The van der Waals surface area contributed by atoms with Crippen molar-refractivity contribution in [2.45, 2.75) is 20.3 Å². The van der Waals surface area contributed by atoms with Crippen LogP contribution in [0.15, 0.2) is 18.5 Å². The number of hydrogen-bond donors (Lipinski definition) is 1. The third-order valence-electron chi connectivity index (χ3n) is 2.61. The molecule has 0 bridgehead atoms. The molecule has 0 atom stereocenters. The van der Waals surface area contributed by atoms with E-state index in [1.54, 1.807) is 11.3 Å². The molecule has 2 aromatic rings. The molecule has 0 amide bonds. The lowest BCUT2D eigenvalue weighted by molar-refractivity contribution is 0.324. The van der Waals surface area contributed by atoms with Gasteiger partial charge in [0.2, 0.25) is 5.88 Å². The summed E-state index contributed by atoms with van der Waals surface area (Å²) in [6.45, 7) is 5.30. The second-order valence-corrected chi connectivity index (χ2v) is 5.77. The fourth-order valence-corrected chi connectivity index (χ4v) is 2.77. The van der Waals surface area contributed by atoms with Crippen molar-refractivity contribution in [3.63, 3.8) is 0 Å². The molecule has 19 heavy (non-hydrogen) atoms. The van der Waals surface area contributed by atoms with Crippen LogP contribution < -0.4 is 10.1 Å². The molecule has 0 aliphatic carbocycles. The van der Waals surface area contributed by atoms with Gasteiger partial charge in [-0.25, -0.2) is 9.97 Å². The molecule has 1 N–H and O–H groups in total. The van der Waals surface area contributed by atoms with E-state index < -0.39 is 0 Å². The molecule has 6 heteroatoms. The number of aromatic nitrogens is 2. The number of nitrogens with zero attached hydrogens (tertiary/aromatic N) is 2. The van der Waals surface area contributed by atoms with E-state index in [1.165, 1.54) is 11.2 Å². The van der Waals surface area contributed by atoms with Gasteiger partial charge in [0.15, 0.2) is 0 Å². The number of hydrogen-bond acceptors (Lipinski definition) is 5. The quantitative estimate of drug-likeness (QED) is 0.886. The lowest BCUT2D eigenvalue weighted by Gasteiger charge is -2.10. The maximum atomic E-state index is 5.90. The van der Waals surface area contributed by atoms with Gasteiger partial charge in [-0.05, 0) is 32.4 Å². The molecular weight excluding hydrogens is 282 g/mol. The van der Waals surface area contributed by atoms with Crippen LogP contribution in [-0.4, -0.2) is 23.1 Å². The van der Waals surface area contributed by atoms with E-state index in [-0.39, 0.29) is 0 Å². The van der Waals surface area contributed by atoms with Gasteiger partial charge in [0, 0.05) is 11.4 Å². The highest BCUT2D eigenvalue weighted by atomic mass is 35.5. The summed E-state index contributed by atoms with van der Waals surface area (Å²) in [5, 5.41) is 3.30. The summed E-state index contributed by atoms with van der Waals surface area (Å²) >= 11 is 7.50. The molecule has 0 aromatic carbocycles. The molecule has 0 unspecified atom stereocenters. The summed E-state index contributed by atoms with van der Waals surface area (Å²) in [5.41, 5.74) is 0.938. The molecule has 0 radical (unpaired) electrons. The van der Waals surface area contributed by atoms with Crippen molar-refractivity contribution in [2.75, 3.05) is 18.5 Å². The number of halogens is 1. The summed E-state index contributed by atoms with van der Waals surface area (Å²) < 4.78 is 6.26. The SMILES string of the molecule is CCOc1ncnc(NCCc2ccc(Cl)s2)c1C. The molecule has 0 spiro atoms. The average molecular weight is 298 g/mol. The fraction of sp³-hybridized carbons (Fsp3) is 0.385. The normalized spacial score (nSPS) is 10.5. The molecule has 2 heterocycles. The Morgan fingerprint density at radius 2 is 2.21 bits per heavy atom. The highest BCUT2D eigenvalue weighted by Crippen LogP contribution is 2.23. The van der Waals surface area contributed by atoms with Gasteiger partial charge in [-0.3, -0.25) is 0 Å². The van der Waals surface area contributed by atoms with Crippen molar-refractivity contribution in [2.24, 2.45) is 0 Å². The Morgan fingerprint density at radius 3 is 2.89 bits per heavy atom. The zero-order chi connectivity index (χ0) is 13.7. The smallest absolute Gasteiger partial charge is 0.221 e.